The van der Waals surface area contributed by atoms with Crippen molar-refractivity contribution in [3.63, 3.8) is 0 Å². The second-order valence-corrected chi connectivity index (χ2v) is 11.9. The zero-order chi connectivity index (χ0) is 23.8. The SMILES string of the molecule is Cc1cccc(NC(=O)[C@@H](C)Sc2cc(C)c3cc(S(=O)(=O)N4CCCC4)ccc3n2)c1C. The van der Waals surface area contributed by atoms with Crippen molar-refractivity contribution >= 4 is 44.3 Å². The van der Waals surface area contributed by atoms with Gasteiger partial charge >= 0.3 is 0 Å². The van der Waals surface area contributed by atoms with Gasteiger partial charge in [-0.1, -0.05) is 23.9 Å². The number of hydrogen-bond donors (Lipinski definition) is 1. The summed E-state index contributed by atoms with van der Waals surface area (Å²) < 4.78 is 27.4. The van der Waals surface area contributed by atoms with Crippen molar-refractivity contribution in [3.05, 3.63) is 59.2 Å². The minimum Gasteiger partial charge on any atom is -0.325 e. The van der Waals surface area contributed by atoms with Crippen LogP contribution in [0.3, 0.4) is 0 Å². The van der Waals surface area contributed by atoms with E-state index in [0.717, 1.165) is 51.1 Å². The number of carbonyl (C=O) groups is 1. The molecule has 2 aromatic carbocycles. The topological polar surface area (TPSA) is 79.4 Å². The highest BCUT2D eigenvalue weighted by molar-refractivity contribution is 8.00. The predicted molar refractivity (Wildman–Crippen MR) is 134 cm³/mol. The largest absolute Gasteiger partial charge is 0.325 e. The zero-order valence-corrected chi connectivity index (χ0v) is 21.0. The maximum atomic E-state index is 12.9. The van der Waals surface area contributed by atoms with Gasteiger partial charge in [-0.2, -0.15) is 4.31 Å². The van der Waals surface area contributed by atoms with Gasteiger partial charge in [-0.15, -0.1) is 0 Å². The minimum atomic E-state index is -3.48. The Morgan fingerprint density at radius 1 is 1.06 bits per heavy atom. The maximum Gasteiger partial charge on any atom is 0.243 e. The highest BCUT2D eigenvalue weighted by Gasteiger charge is 2.27. The van der Waals surface area contributed by atoms with E-state index >= 15 is 0 Å². The van der Waals surface area contributed by atoms with Crippen molar-refractivity contribution in [3.8, 4) is 0 Å². The Hall–Kier alpha value is -2.42. The molecule has 0 aliphatic carbocycles. The first kappa shape index (κ1) is 23.7. The van der Waals surface area contributed by atoms with E-state index in [2.05, 4.69) is 5.32 Å². The molecule has 0 spiro atoms. The molecule has 1 N–H and O–H groups in total. The molecule has 2 heterocycles. The summed E-state index contributed by atoms with van der Waals surface area (Å²) in [5.41, 5.74) is 4.67. The fourth-order valence-electron chi connectivity index (χ4n) is 4.00. The Kier molecular flexibility index (Phi) is 6.79. The summed E-state index contributed by atoms with van der Waals surface area (Å²) in [6.45, 7) is 8.98. The fraction of sp³-hybridized carbons (Fsp3) is 0.360. The van der Waals surface area contributed by atoms with Crippen LogP contribution in [0.1, 0.15) is 36.5 Å². The van der Waals surface area contributed by atoms with Crippen LogP contribution in [0.4, 0.5) is 5.69 Å². The average molecular weight is 484 g/mol. The smallest absolute Gasteiger partial charge is 0.243 e. The molecule has 1 aliphatic heterocycles. The number of fused-ring (bicyclic) bond motifs is 1. The lowest BCUT2D eigenvalue weighted by Crippen LogP contribution is -2.27. The minimum absolute atomic E-state index is 0.0831. The van der Waals surface area contributed by atoms with Crippen molar-refractivity contribution in [1.82, 2.24) is 9.29 Å². The highest BCUT2D eigenvalue weighted by atomic mass is 32.2. The van der Waals surface area contributed by atoms with E-state index in [1.807, 2.05) is 52.0 Å². The molecule has 0 saturated carbocycles. The Bertz CT molecular complexity index is 1320. The van der Waals surface area contributed by atoms with Gasteiger partial charge in [0.2, 0.25) is 15.9 Å². The summed E-state index contributed by atoms with van der Waals surface area (Å²) in [4.78, 5) is 17.8. The van der Waals surface area contributed by atoms with Crippen LogP contribution in [0.2, 0.25) is 0 Å². The van der Waals surface area contributed by atoms with Crippen LogP contribution in [-0.4, -0.2) is 42.0 Å². The van der Waals surface area contributed by atoms with Crippen LogP contribution < -0.4 is 5.32 Å². The van der Waals surface area contributed by atoms with Crippen molar-refractivity contribution in [2.24, 2.45) is 0 Å². The van der Waals surface area contributed by atoms with Gasteiger partial charge in [0.1, 0.15) is 0 Å². The third-order valence-electron chi connectivity index (χ3n) is 6.20. The van der Waals surface area contributed by atoms with Crippen molar-refractivity contribution in [2.75, 3.05) is 18.4 Å². The zero-order valence-electron chi connectivity index (χ0n) is 19.4. The molecule has 174 valence electrons. The Labute approximate surface area is 199 Å². The summed E-state index contributed by atoms with van der Waals surface area (Å²) in [6, 6.07) is 12.9. The van der Waals surface area contributed by atoms with Crippen LogP contribution in [0.25, 0.3) is 10.9 Å². The van der Waals surface area contributed by atoms with Crippen LogP contribution >= 0.6 is 11.8 Å². The first-order valence-electron chi connectivity index (χ1n) is 11.1. The molecule has 0 bridgehead atoms. The number of hydrogen-bond acceptors (Lipinski definition) is 5. The number of amides is 1. The standard InChI is InChI=1S/C25H29N3O3S2/c1-16-8-7-9-22(18(16)3)27-25(29)19(4)32-24-14-17(2)21-15-20(10-11-23(21)26-24)33(30,31)28-12-5-6-13-28/h7-11,14-15,19H,5-6,12-13H2,1-4H3,(H,27,29)/t19-/m1/s1. The van der Waals surface area contributed by atoms with E-state index < -0.39 is 10.0 Å². The van der Waals surface area contributed by atoms with Gasteiger partial charge in [0, 0.05) is 24.2 Å². The molecule has 1 amide bonds. The molecular weight excluding hydrogens is 454 g/mol. The van der Waals surface area contributed by atoms with Gasteiger partial charge in [-0.3, -0.25) is 4.79 Å². The molecule has 1 aromatic heterocycles. The summed E-state index contributed by atoms with van der Waals surface area (Å²) in [5.74, 6) is -0.0831. The predicted octanol–water partition coefficient (Wildman–Crippen LogP) is 5.06. The first-order valence-corrected chi connectivity index (χ1v) is 13.4. The van der Waals surface area contributed by atoms with Crippen LogP contribution in [0.15, 0.2) is 52.4 Å². The van der Waals surface area contributed by atoms with Gasteiger partial charge in [-0.05, 0) is 87.6 Å². The molecule has 0 radical (unpaired) electrons. The number of benzene rings is 2. The van der Waals surface area contributed by atoms with Crippen molar-refractivity contribution in [2.45, 2.75) is 55.7 Å². The third kappa shape index (κ3) is 4.93. The lowest BCUT2D eigenvalue weighted by molar-refractivity contribution is -0.115. The normalized spacial score (nSPS) is 15.6. The van der Waals surface area contributed by atoms with Crippen LogP contribution in [0.5, 0.6) is 0 Å². The number of rotatable bonds is 6. The molecule has 8 heteroatoms. The molecule has 3 aromatic rings. The highest BCUT2D eigenvalue weighted by Crippen LogP contribution is 2.30. The number of anilines is 1. The van der Waals surface area contributed by atoms with E-state index in [1.165, 1.54) is 11.8 Å². The average Bonchev–Trinajstić information content (AvgIpc) is 3.32. The van der Waals surface area contributed by atoms with Gasteiger partial charge in [0.05, 0.1) is 20.7 Å². The van der Waals surface area contributed by atoms with Crippen molar-refractivity contribution < 1.29 is 13.2 Å². The van der Waals surface area contributed by atoms with E-state index in [9.17, 15) is 13.2 Å². The lowest BCUT2D eigenvalue weighted by atomic mass is 10.1. The monoisotopic (exact) mass is 483 g/mol. The quantitative estimate of drug-likeness (QED) is 0.496. The number of thioether (sulfide) groups is 1. The number of carbonyl (C=O) groups excluding carboxylic acids is 1. The Balaban J connectivity index is 1.54. The van der Waals surface area contributed by atoms with Gasteiger partial charge in [0.25, 0.3) is 0 Å². The number of nitrogens with one attached hydrogen (secondary N) is 1. The van der Waals surface area contributed by atoms with E-state index in [-0.39, 0.29) is 11.2 Å². The van der Waals surface area contributed by atoms with Crippen LogP contribution in [0, 0.1) is 20.8 Å². The molecule has 1 aliphatic rings. The van der Waals surface area contributed by atoms with E-state index in [4.69, 9.17) is 4.98 Å². The Morgan fingerprint density at radius 2 is 1.79 bits per heavy atom. The second kappa shape index (κ2) is 9.44. The summed E-state index contributed by atoms with van der Waals surface area (Å²) in [6.07, 6.45) is 1.81. The first-order chi connectivity index (χ1) is 15.7. The molecule has 1 fully saturated rings. The Morgan fingerprint density at radius 3 is 2.52 bits per heavy atom. The van der Waals surface area contributed by atoms with Crippen LogP contribution in [-0.2, 0) is 14.8 Å². The number of aryl methyl sites for hydroxylation is 2. The van der Waals surface area contributed by atoms with Gasteiger partial charge in [0.15, 0.2) is 0 Å². The number of aromatic nitrogens is 1. The molecule has 1 saturated heterocycles. The summed E-state index contributed by atoms with van der Waals surface area (Å²) >= 11 is 1.39. The fourth-order valence-corrected chi connectivity index (χ4v) is 6.46. The summed E-state index contributed by atoms with van der Waals surface area (Å²) in [5, 5.41) is 4.22. The molecule has 6 nitrogen and oxygen atoms in total. The lowest BCUT2D eigenvalue weighted by Gasteiger charge is -2.17. The molecular formula is C25H29N3O3S2. The molecule has 1 atom stereocenters. The molecule has 33 heavy (non-hydrogen) atoms. The second-order valence-electron chi connectivity index (χ2n) is 8.56. The maximum absolute atomic E-state index is 12.9. The van der Waals surface area contributed by atoms with Gasteiger partial charge in [-0.25, -0.2) is 13.4 Å². The number of nitrogens with zero attached hydrogens (tertiary/aromatic N) is 2. The van der Waals surface area contributed by atoms with E-state index in [1.54, 1.807) is 22.5 Å². The summed E-state index contributed by atoms with van der Waals surface area (Å²) in [7, 11) is -3.48. The van der Waals surface area contributed by atoms with E-state index in [0.29, 0.717) is 18.0 Å². The molecule has 4 rings (SSSR count). The molecule has 0 unspecified atom stereocenters. The number of sulfonamides is 1. The number of pyridine rings is 1. The van der Waals surface area contributed by atoms with Crippen molar-refractivity contribution in [1.29, 1.82) is 0 Å². The third-order valence-corrected chi connectivity index (χ3v) is 9.11. The van der Waals surface area contributed by atoms with Gasteiger partial charge < -0.3 is 5.32 Å².